The molecule has 0 N–H and O–H groups in total. The molecule has 1 aromatic rings. The van der Waals surface area contributed by atoms with Gasteiger partial charge in [0.05, 0.1) is 12.7 Å². The van der Waals surface area contributed by atoms with Crippen molar-refractivity contribution in [3.8, 4) is 0 Å². The minimum Gasteiger partial charge on any atom is -0.475 e. The number of alkyl halides is 3. The van der Waals surface area contributed by atoms with Crippen LogP contribution in [0.3, 0.4) is 0 Å². The Hall–Kier alpha value is -2.05. The summed E-state index contributed by atoms with van der Waals surface area (Å²) in [6.07, 6.45) is -4.43. The minimum absolute atomic E-state index is 0.0153. The number of ether oxygens (including phenoxy) is 2. The Labute approximate surface area is 106 Å². The second-order valence-electron chi connectivity index (χ2n) is 3.86. The average molecular weight is 273 g/mol. The van der Waals surface area contributed by atoms with Crippen molar-refractivity contribution in [1.82, 2.24) is 0 Å². The fourth-order valence-electron chi connectivity index (χ4n) is 1.62. The van der Waals surface area contributed by atoms with Crippen molar-refractivity contribution >= 4 is 11.9 Å². The molecule has 4 nitrogen and oxygen atoms in total. The van der Waals surface area contributed by atoms with E-state index in [1.165, 1.54) is 19.2 Å². The highest BCUT2D eigenvalue weighted by Crippen LogP contribution is 2.30. The number of methoxy groups -OCH3 is 1. The molecule has 2 rings (SSSR count). The van der Waals surface area contributed by atoms with Crippen LogP contribution in [0.25, 0.3) is 0 Å². The Morgan fingerprint density at radius 3 is 2.84 bits per heavy atom. The summed E-state index contributed by atoms with van der Waals surface area (Å²) in [6.45, 7) is -0.0295. The van der Waals surface area contributed by atoms with Crippen LogP contribution in [0.1, 0.15) is 11.1 Å². The lowest BCUT2D eigenvalue weighted by atomic mass is 10.1. The normalized spacial score (nSPS) is 18.7. The summed E-state index contributed by atoms with van der Waals surface area (Å²) in [4.78, 5) is 15.1. The van der Waals surface area contributed by atoms with Gasteiger partial charge in [0.15, 0.2) is 6.04 Å². The Morgan fingerprint density at radius 2 is 2.21 bits per heavy atom. The van der Waals surface area contributed by atoms with Gasteiger partial charge >= 0.3 is 12.1 Å². The van der Waals surface area contributed by atoms with Crippen LogP contribution in [-0.2, 0) is 20.4 Å². The molecule has 0 bridgehead atoms. The quantitative estimate of drug-likeness (QED) is 0.774. The van der Waals surface area contributed by atoms with Crippen LogP contribution in [0, 0.1) is 0 Å². The third-order valence-electron chi connectivity index (χ3n) is 2.56. The van der Waals surface area contributed by atoms with E-state index in [-0.39, 0.29) is 18.1 Å². The van der Waals surface area contributed by atoms with Crippen molar-refractivity contribution in [1.29, 1.82) is 0 Å². The number of nitrogens with zero attached hydrogens (tertiary/aromatic N) is 1. The molecule has 0 fully saturated rings. The Bertz CT molecular complexity index is 525. The lowest BCUT2D eigenvalue weighted by Crippen LogP contribution is -2.21. The fourth-order valence-corrected chi connectivity index (χ4v) is 1.62. The molecule has 19 heavy (non-hydrogen) atoms. The second kappa shape index (κ2) is 4.91. The van der Waals surface area contributed by atoms with Gasteiger partial charge in [-0.3, -0.25) is 0 Å². The van der Waals surface area contributed by atoms with Crippen molar-refractivity contribution in [2.24, 2.45) is 4.99 Å². The highest BCUT2D eigenvalue weighted by Gasteiger charge is 2.32. The SMILES string of the molecule is COC(=O)C1COC(c2cccc(C(F)(F)F)c2)=N1. The maximum absolute atomic E-state index is 12.6. The molecule has 0 saturated carbocycles. The first-order valence-electron chi connectivity index (χ1n) is 5.38. The highest BCUT2D eigenvalue weighted by atomic mass is 19.4. The van der Waals surface area contributed by atoms with E-state index in [1.807, 2.05) is 0 Å². The van der Waals surface area contributed by atoms with E-state index in [4.69, 9.17) is 4.74 Å². The third kappa shape index (κ3) is 2.86. The molecule has 0 saturated heterocycles. The number of esters is 1. The molecule has 102 valence electrons. The number of carbonyl (C=O) groups is 1. The molecule has 1 atom stereocenters. The van der Waals surface area contributed by atoms with E-state index in [0.29, 0.717) is 0 Å². The number of aliphatic imine (C=N–C) groups is 1. The molecule has 1 aliphatic rings. The molecule has 0 aromatic heterocycles. The van der Waals surface area contributed by atoms with Crippen LogP contribution < -0.4 is 0 Å². The van der Waals surface area contributed by atoms with Gasteiger partial charge in [-0.25, -0.2) is 9.79 Å². The number of carbonyl (C=O) groups excluding carboxylic acids is 1. The lowest BCUT2D eigenvalue weighted by molar-refractivity contribution is -0.142. The molecule has 1 aliphatic heterocycles. The van der Waals surface area contributed by atoms with Gasteiger partial charge < -0.3 is 9.47 Å². The molecule has 7 heteroatoms. The van der Waals surface area contributed by atoms with Crippen LogP contribution in [0.2, 0.25) is 0 Å². The second-order valence-corrected chi connectivity index (χ2v) is 3.86. The molecule has 1 aromatic carbocycles. The Morgan fingerprint density at radius 1 is 1.47 bits per heavy atom. The summed E-state index contributed by atoms with van der Waals surface area (Å²) in [5.41, 5.74) is -0.612. The molecule has 1 heterocycles. The van der Waals surface area contributed by atoms with Crippen molar-refractivity contribution in [3.05, 3.63) is 35.4 Å². The summed E-state index contributed by atoms with van der Waals surface area (Å²) in [6, 6.07) is 3.76. The molecular formula is C12H10F3NO3. The van der Waals surface area contributed by atoms with Crippen molar-refractivity contribution in [3.63, 3.8) is 0 Å². The van der Waals surface area contributed by atoms with E-state index in [1.54, 1.807) is 0 Å². The predicted octanol–water partition coefficient (Wildman–Crippen LogP) is 2.02. The Kier molecular flexibility index (Phi) is 3.46. The molecule has 1 unspecified atom stereocenters. The largest absolute Gasteiger partial charge is 0.475 e. The summed E-state index contributed by atoms with van der Waals surface area (Å²) in [7, 11) is 1.21. The molecular weight excluding hydrogens is 263 g/mol. The van der Waals surface area contributed by atoms with Crippen LogP contribution in [0.4, 0.5) is 13.2 Å². The van der Waals surface area contributed by atoms with Gasteiger partial charge in [-0.05, 0) is 18.2 Å². The summed E-state index contributed by atoms with van der Waals surface area (Å²) in [5, 5.41) is 0. The van der Waals surface area contributed by atoms with Crippen LogP contribution in [0.5, 0.6) is 0 Å². The van der Waals surface area contributed by atoms with E-state index >= 15 is 0 Å². The minimum atomic E-state index is -4.43. The lowest BCUT2D eigenvalue weighted by Gasteiger charge is -2.08. The maximum atomic E-state index is 12.6. The Balaban J connectivity index is 2.26. The molecule has 0 radical (unpaired) electrons. The predicted molar refractivity (Wildman–Crippen MR) is 59.7 cm³/mol. The van der Waals surface area contributed by atoms with Gasteiger partial charge in [0.1, 0.15) is 6.61 Å². The number of rotatable bonds is 2. The monoisotopic (exact) mass is 273 g/mol. The summed E-state index contributed by atoms with van der Waals surface area (Å²) < 4.78 is 47.3. The first kappa shape index (κ1) is 13.4. The third-order valence-corrected chi connectivity index (χ3v) is 2.56. The zero-order chi connectivity index (χ0) is 14.0. The van der Waals surface area contributed by atoms with Gasteiger partial charge in [0.25, 0.3) is 0 Å². The number of benzene rings is 1. The number of hydrogen-bond acceptors (Lipinski definition) is 4. The van der Waals surface area contributed by atoms with Crippen molar-refractivity contribution in [2.45, 2.75) is 12.2 Å². The van der Waals surface area contributed by atoms with Crippen molar-refractivity contribution < 1.29 is 27.4 Å². The first-order chi connectivity index (χ1) is 8.91. The van der Waals surface area contributed by atoms with Crippen LogP contribution in [-0.4, -0.2) is 31.6 Å². The van der Waals surface area contributed by atoms with Crippen LogP contribution in [0.15, 0.2) is 29.3 Å². The summed E-state index contributed by atoms with van der Waals surface area (Å²) >= 11 is 0. The summed E-state index contributed by atoms with van der Waals surface area (Å²) in [5.74, 6) is -0.566. The molecule has 0 amide bonds. The molecule has 0 spiro atoms. The van der Waals surface area contributed by atoms with Gasteiger partial charge in [0.2, 0.25) is 5.90 Å². The van der Waals surface area contributed by atoms with Gasteiger partial charge in [-0.2, -0.15) is 13.2 Å². The van der Waals surface area contributed by atoms with Crippen LogP contribution >= 0.6 is 0 Å². The van der Waals surface area contributed by atoms with E-state index in [0.717, 1.165) is 12.1 Å². The standard InChI is InChI=1S/C12H10F3NO3/c1-18-11(17)9-6-19-10(16-9)7-3-2-4-8(5-7)12(13,14)15/h2-5,9H,6H2,1H3. The van der Waals surface area contributed by atoms with Crippen molar-refractivity contribution in [2.75, 3.05) is 13.7 Å². The fraction of sp³-hybridized carbons (Fsp3) is 0.333. The van der Waals surface area contributed by atoms with Gasteiger partial charge in [0, 0.05) is 5.56 Å². The zero-order valence-electron chi connectivity index (χ0n) is 9.90. The average Bonchev–Trinajstić information content (AvgIpc) is 2.86. The molecule has 0 aliphatic carbocycles. The first-order valence-corrected chi connectivity index (χ1v) is 5.38. The van der Waals surface area contributed by atoms with E-state index in [9.17, 15) is 18.0 Å². The van der Waals surface area contributed by atoms with Gasteiger partial charge in [-0.15, -0.1) is 0 Å². The highest BCUT2D eigenvalue weighted by molar-refractivity contribution is 5.97. The topological polar surface area (TPSA) is 47.9 Å². The number of hydrogen-bond donors (Lipinski definition) is 0. The maximum Gasteiger partial charge on any atom is 0.416 e. The van der Waals surface area contributed by atoms with E-state index in [2.05, 4.69) is 9.73 Å². The zero-order valence-corrected chi connectivity index (χ0v) is 9.90. The van der Waals surface area contributed by atoms with E-state index < -0.39 is 23.8 Å². The number of halogens is 3. The van der Waals surface area contributed by atoms with Gasteiger partial charge in [-0.1, -0.05) is 6.07 Å². The smallest absolute Gasteiger partial charge is 0.416 e.